The van der Waals surface area contributed by atoms with Gasteiger partial charge in [0.05, 0.1) is 13.4 Å². The number of carbonyl (C=O) groups excluding carboxylic acids is 1. The molecule has 21 heavy (non-hydrogen) atoms. The van der Waals surface area contributed by atoms with Crippen LogP contribution in [-0.4, -0.2) is 12.9 Å². The van der Waals surface area contributed by atoms with Crippen LogP contribution in [0.1, 0.15) is 24.2 Å². The molecule has 1 aliphatic rings. The molecule has 3 nitrogen and oxygen atoms in total. The molecule has 1 saturated carbocycles. The Kier molecular flexibility index (Phi) is 3.73. The molecular weight excluding hydrogens is 264 g/mol. The number of ether oxygens (including phenoxy) is 1. The van der Waals surface area contributed by atoms with Crippen molar-refractivity contribution in [3.8, 4) is 5.75 Å². The second kappa shape index (κ2) is 5.83. The van der Waals surface area contributed by atoms with Crippen LogP contribution in [0.25, 0.3) is 12.2 Å². The predicted octanol–water partition coefficient (Wildman–Crippen LogP) is 4.12. The summed E-state index contributed by atoms with van der Waals surface area (Å²) in [5.74, 6) is 1.65. The van der Waals surface area contributed by atoms with Crippen molar-refractivity contribution in [2.45, 2.75) is 12.8 Å². The predicted molar refractivity (Wildman–Crippen MR) is 81.9 cm³/mol. The first-order valence-corrected chi connectivity index (χ1v) is 6.89. The van der Waals surface area contributed by atoms with Gasteiger partial charge in [-0.15, -0.1) is 0 Å². The molecule has 0 unspecified atom stereocenters. The summed E-state index contributed by atoms with van der Waals surface area (Å²) in [5, 5.41) is 0. The van der Waals surface area contributed by atoms with Crippen LogP contribution in [0, 0.1) is 0 Å². The molecule has 2 aromatic rings. The van der Waals surface area contributed by atoms with E-state index in [2.05, 4.69) is 0 Å². The van der Waals surface area contributed by atoms with Gasteiger partial charge in [-0.1, -0.05) is 12.1 Å². The van der Waals surface area contributed by atoms with Gasteiger partial charge < -0.3 is 9.15 Å². The van der Waals surface area contributed by atoms with Gasteiger partial charge in [-0.2, -0.15) is 0 Å². The molecule has 0 amide bonds. The molecule has 1 aliphatic carbocycles. The van der Waals surface area contributed by atoms with E-state index in [0.29, 0.717) is 0 Å². The fraction of sp³-hybridized carbons (Fsp3) is 0.167. The van der Waals surface area contributed by atoms with Crippen molar-refractivity contribution in [1.29, 1.82) is 0 Å². The second-order valence-corrected chi connectivity index (χ2v) is 4.96. The molecule has 0 saturated heterocycles. The van der Waals surface area contributed by atoms with Gasteiger partial charge in [0.15, 0.2) is 5.78 Å². The Balaban J connectivity index is 1.81. The van der Waals surface area contributed by atoms with Gasteiger partial charge in [0.25, 0.3) is 0 Å². The van der Waals surface area contributed by atoms with Crippen LogP contribution in [-0.2, 0) is 4.79 Å². The van der Waals surface area contributed by atoms with Crippen molar-refractivity contribution >= 4 is 17.9 Å². The Morgan fingerprint density at radius 2 is 1.76 bits per heavy atom. The maximum absolute atomic E-state index is 12.4. The first-order chi connectivity index (χ1) is 10.3. The molecule has 0 atom stereocenters. The summed E-state index contributed by atoms with van der Waals surface area (Å²) < 4.78 is 10.4. The molecule has 0 aliphatic heterocycles. The average molecular weight is 280 g/mol. The Labute approximate surface area is 123 Å². The van der Waals surface area contributed by atoms with Crippen molar-refractivity contribution in [1.82, 2.24) is 0 Å². The third-order valence-corrected chi connectivity index (χ3v) is 3.56. The monoisotopic (exact) mass is 280 g/mol. The number of methoxy groups -OCH3 is 1. The fourth-order valence-corrected chi connectivity index (χ4v) is 2.42. The van der Waals surface area contributed by atoms with E-state index in [1.165, 1.54) is 0 Å². The summed E-state index contributed by atoms with van der Waals surface area (Å²) >= 11 is 0. The number of rotatable bonds is 3. The van der Waals surface area contributed by atoms with Crippen molar-refractivity contribution in [2.24, 2.45) is 0 Å². The highest BCUT2D eigenvalue weighted by molar-refractivity contribution is 6.15. The Hall–Kier alpha value is -2.55. The van der Waals surface area contributed by atoms with Gasteiger partial charge in [0, 0.05) is 11.1 Å². The summed E-state index contributed by atoms with van der Waals surface area (Å²) in [7, 11) is 1.64. The zero-order valence-corrected chi connectivity index (χ0v) is 11.8. The van der Waals surface area contributed by atoms with Crippen molar-refractivity contribution < 1.29 is 13.9 Å². The first-order valence-electron chi connectivity index (χ1n) is 6.89. The van der Waals surface area contributed by atoms with E-state index >= 15 is 0 Å². The summed E-state index contributed by atoms with van der Waals surface area (Å²) in [6.07, 6.45) is 6.93. The highest BCUT2D eigenvalue weighted by Gasteiger charge is 2.23. The minimum absolute atomic E-state index is 0.113. The molecule has 0 N–H and O–H groups in total. The normalized spacial score (nSPS) is 18.6. The van der Waals surface area contributed by atoms with Crippen LogP contribution in [0.2, 0.25) is 0 Å². The quantitative estimate of drug-likeness (QED) is 0.794. The molecule has 1 heterocycles. The van der Waals surface area contributed by atoms with E-state index in [-0.39, 0.29) is 5.78 Å². The van der Waals surface area contributed by atoms with Gasteiger partial charge in [-0.05, 0) is 54.8 Å². The molecule has 0 spiro atoms. The Morgan fingerprint density at radius 1 is 1.05 bits per heavy atom. The van der Waals surface area contributed by atoms with Crippen LogP contribution in [0.15, 0.2) is 58.2 Å². The van der Waals surface area contributed by atoms with Crippen molar-refractivity contribution in [2.75, 3.05) is 7.11 Å². The van der Waals surface area contributed by atoms with Crippen LogP contribution >= 0.6 is 0 Å². The molecule has 106 valence electrons. The number of carbonyl (C=O) groups is 1. The van der Waals surface area contributed by atoms with E-state index in [0.717, 1.165) is 41.1 Å². The molecular formula is C18H16O3. The zero-order valence-electron chi connectivity index (χ0n) is 11.8. The number of furan rings is 1. The lowest BCUT2D eigenvalue weighted by molar-refractivity contribution is -0.111. The standard InChI is InChI=1S/C18H16O3/c1-20-16-8-4-13(5-9-16)11-14-6-7-15(18(14)19)12-17-3-2-10-21-17/h2-5,8-12H,6-7H2,1H3/b14-11-,15-12-. The van der Waals surface area contributed by atoms with Crippen molar-refractivity contribution in [3.05, 3.63) is 65.1 Å². The SMILES string of the molecule is COc1ccc(/C=C2/CC/C(=C/c3ccco3)C2=O)cc1. The minimum atomic E-state index is 0.113. The van der Waals surface area contributed by atoms with Gasteiger partial charge in [0.2, 0.25) is 0 Å². The lowest BCUT2D eigenvalue weighted by Gasteiger charge is -2.00. The average Bonchev–Trinajstić information content (AvgIpc) is 3.13. The number of hydrogen-bond acceptors (Lipinski definition) is 3. The van der Waals surface area contributed by atoms with E-state index in [1.54, 1.807) is 13.4 Å². The van der Waals surface area contributed by atoms with Crippen LogP contribution in [0.5, 0.6) is 5.75 Å². The molecule has 1 aromatic heterocycles. The van der Waals surface area contributed by atoms with Crippen molar-refractivity contribution in [3.63, 3.8) is 0 Å². The van der Waals surface area contributed by atoms with E-state index in [1.807, 2.05) is 48.6 Å². The van der Waals surface area contributed by atoms with Crippen LogP contribution in [0.4, 0.5) is 0 Å². The Morgan fingerprint density at radius 3 is 2.38 bits per heavy atom. The number of allylic oxidation sites excluding steroid dienone is 2. The maximum Gasteiger partial charge on any atom is 0.185 e. The highest BCUT2D eigenvalue weighted by atomic mass is 16.5. The van der Waals surface area contributed by atoms with Gasteiger partial charge in [-0.3, -0.25) is 4.79 Å². The van der Waals surface area contributed by atoms with E-state index in [4.69, 9.17) is 9.15 Å². The summed E-state index contributed by atoms with van der Waals surface area (Å²) in [6.45, 7) is 0. The number of hydrogen-bond donors (Lipinski definition) is 0. The van der Waals surface area contributed by atoms with Crippen LogP contribution < -0.4 is 4.74 Å². The lowest BCUT2D eigenvalue weighted by atomic mass is 10.1. The topological polar surface area (TPSA) is 39.4 Å². The maximum atomic E-state index is 12.4. The molecule has 3 heteroatoms. The minimum Gasteiger partial charge on any atom is -0.497 e. The third-order valence-electron chi connectivity index (χ3n) is 3.56. The third kappa shape index (κ3) is 2.97. The number of benzene rings is 1. The zero-order chi connectivity index (χ0) is 14.7. The molecule has 0 radical (unpaired) electrons. The number of Topliss-reactive ketones (excluding diaryl/α,β-unsaturated/α-hetero) is 1. The van der Waals surface area contributed by atoms with Crippen LogP contribution in [0.3, 0.4) is 0 Å². The van der Waals surface area contributed by atoms with E-state index in [9.17, 15) is 4.79 Å². The number of ketones is 1. The highest BCUT2D eigenvalue weighted by Crippen LogP contribution is 2.29. The van der Waals surface area contributed by atoms with Gasteiger partial charge in [-0.25, -0.2) is 0 Å². The molecule has 1 fully saturated rings. The Bertz CT molecular complexity index is 689. The molecule has 0 bridgehead atoms. The molecule has 3 rings (SSSR count). The summed E-state index contributed by atoms with van der Waals surface area (Å²) in [6, 6.07) is 11.4. The van der Waals surface area contributed by atoms with Gasteiger partial charge >= 0.3 is 0 Å². The second-order valence-electron chi connectivity index (χ2n) is 4.96. The smallest absolute Gasteiger partial charge is 0.185 e. The van der Waals surface area contributed by atoms with Gasteiger partial charge in [0.1, 0.15) is 11.5 Å². The largest absolute Gasteiger partial charge is 0.497 e. The summed E-state index contributed by atoms with van der Waals surface area (Å²) in [4.78, 5) is 12.4. The molecule has 1 aromatic carbocycles. The fourth-order valence-electron chi connectivity index (χ4n) is 2.42. The first kappa shape index (κ1) is 13.4. The lowest BCUT2D eigenvalue weighted by Crippen LogP contribution is -1.95. The summed E-state index contributed by atoms with van der Waals surface area (Å²) in [5.41, 5.74) is 2.67. The van der Waals surface area contributed by atoms with E-state index < -0.39 is 0 Å².